The molecular weight excluding hydrogens is 284 g/mol. The van der Waals surface area contributed by atoms with Crippen molar-refractivity contribution < 1.29 is 9.53 Å². The number of carbonyl (C=O) groups excluding carboxylic acids is 1. The van der Waals surface area contributed by atoms with Gasteiger partial charge < -0.3 is 10.1 Å². The summed E-state index contributed by atoms with van der Waals surface area (Å²) in [4.78, 5) is 16.6. The second-order valence-electron chi connectivity index (χ2n) is 3.76. The smallest absolute Gasteiger partial charge is 0.263 e. The number of rotatable bonds is 5. The number of nitrogens with one attached hydrogen (secondary N) is 1. The van der Waals surface area contributed by atoms with Crippen LogP contribution in [0, 0.1) is 0 Å². The van der Waals surface area contributed by atoms with Crippen molar-refractivity contribution in [2.75, 3.05) is 20.3 Å². The van der Waals surface area contributed by atoms with Gasteiger partial charge in [0.1, 0.15) is 9.88 Å². The molecule has 0 unspecified atom stereocenters. The summed E-state index contributed by atoms with van der Waals surface area (Å²) in [5.74, 6) is -0.146. The van der Waals surface area contributed by atoms with E-state index in [1.807, 2.05) is 18.2 Å². The molecule has 0 aliphatic carbocycles. The van der Waals surface area contributed by atoms with Gasteiger partial charge in [-0.2, -0.15) is 0 Å². The molecule has 6 heteroatoms. The third kappa shape index (κ3) is 3.53. The molecule has 2 aromatic rings. The zero-order valence-corrected chi connectivity index (χ0v) is 11.9. The van der Waals surface area contributed by atoms with Crippen LogP contribution in [0.1, 0.15) is 9.67 Å². The number of thiazole rings is 1. The molecule has 0 saturated carbocycles. The predicted octanol–water partition coefficient (Wildman–Crippen LogP) is 2.84. The van der Waals surface area contributed by atoms with Gasteiger partial charge in [0.15, 0.2) is 0 Å². The molecule has 1 heterocycles. The summed E-state index contributed by atoms with van der Waals surface area (Å²) in [5.41, 5.74) is 0.838. The van der Waals surface area contributed by atoms with Crippen molar-refractivity contribution >= 4 is 28.8 Å². The fourth-order valence-electron chi connectivity index (χ4n) is 1.49. The molecule has 1 amide bonds. The molecule has 0 atom stereocenters. The van der Waals surface area contributed by atoms with Gasteiger partial charge in [-0.1, -0.05) is 29.8 Å². The van der Waals surface area contributed by atoms with E-state index in [0.717, 1.165) is 10.6 Å². The molecule has 1 aromatic carbocycles. The highest BCUT2D eigenvalue weighted by Crippen LogP contribution is 2.30. The number of aromatic nitrogens is 1. The van der Waals surface area contributed by atoms with Crippen LogP contribution in [-0.4, -0.2) is 31.2 Å². The van der Waals surface area contributed by atoms with E-state index in [9.17, 15) is 4.79 Å². The number of ether oxygens (including phenoxy) is 1. The largest absolute Gasteiger partial charge is 0.383 e. The van der Waals surface area contributed by atoms with Crippen LogP contribution >= 0.6 is 22.9 Å². The van der Waals surface area contributed by atoms with Gasteiger partial charge in [-0.05, 0) is 6.07 Å². The zero-order chi connectivity index (χ0) is 13.7. The van der Waals surface area contributed by atoms with E-state index in [4.69, 9.17) is 16.3 Å². The lowest BCUT2D eigenvalue weighted by molar-refractivity contribution is 0.0941. The normalized spacial score (nSPS) is 10.4. The van der Waals surface area contributed by atoms with Crippen LogP contribution in [-0.2, 0) is 4.74 Å². The van der Waals surface area contributed by atoms with E-state index < -0.39 is 0 Å². The summed E-state index contributed by atoms with van der Waals surface area (Å²) >= 11 is 7.42. The Morgan fingerprint density at radius 3 is 3.00 bits per heavy atom. The highest BCUT2D eigenvalue weighted by Gasteiger charge is 2.12. The Morgan fingerprint density at radius 2 is 2.26 bits per heavy atom. The second-order valence-corrected chi connectivity index (χ2v) is 5.20. The zero-order valence-electron chi connectivity index (χ0n) is 10.4. The number of carbonyl (C=O) groups is 1. The lowest BCUT2D eigenvalue weighted by Crippen LogP contribution is -2.26. The van der Waals surface area contributed by atoms with E-state index in [0.29, 0.717) is 23.1 Å². The molecule has 0 radical (unpaired) electrons. The fourth-order valence-corrected chi connectivity index (χ4v) is 2.65. The van der Waals surface area contributed by atoms with Crippen LogP contribution < -0.4 is 5.32 Å². The SMILES string of the molecule is COCCNC(=O)c1cnc(-c2ccccc2Cl)s1. The summed E-state index contributed by atoms with van der Waals surface area (Å²) in [5, 5.41) is 4.12. The Labute approximate surface area is 120 Å². The maximum atomic E-state index is 11.8. The van der Waals surface area contributed by atoms with Gasteiger partial charge in [0, 0.05) is 19.2 Å². The summed E-state index contributed by atoms with van der Waals surface area (Å²) in [6, 6.07) is 7.43. The maximum absolute atomic E-state index is 11.8. The standard InChI is InChI=1S/C13H13ClN2O2S/c1-18-7-6-15-12(17)11-8-16-13(19-11)9-4-2-3-5-10(9)14/h2-5,8H,6-7H2,1H3,(H,15,17). The number of hydrogen-bond donors (Lipinski definition) is 1. The molecule has 100 valence electrons. The molecule has 2 rings (SSSR count). The minimum atomic E-state index is -0.146. The van der Waals surface area contributed by atoms with E-state index in [2.05, 4.69) is 10.3 Å². The van der Waals surface area contributed by atoms with Crippen LogP contribution in [0.2, 0.25) is 5.02 Å². The second kappa shape index (κ2) is 6.65. The van der Waals surface area contributed by atoms with Gasteiger partial charge in [-0.25, -0.2) is 4.98 Å². The fraction of sp³-hybridized carbons (Fsp3) is 0.231. The topological polar surface area (TPSA) is 51.2 Å². The number of halogens is 1. The van der Waals surface area contributed by atoms with Crippen molar-refractivity contribution in [2.45, 2.75) is 0 Å². The highest BCUT2D eigenvalue weighted by molar-refractivity contribution is 7.17. The van der Waals surface area contributed by atoms with Crippen molar-refractivity contribution in [3.8, 4) is 10.6 Å². The van der Waals surface area contributed by atoms with Crippen LogP contribution in [0.3, 0.4) is 0 Å². The van der Waals surface area contributed by atoms with Gasteiger partial charge in [-0.15, -0.1) is 11.3 Å². The van der Waals surface area contributed by atoms with Crippen molar-refractivity contribution in [3.63, 3.8) is 0 Å². The molecule has 0 fully saturated rings. The number of methoxy groups -OCH3 is 1. The molecule has 1 aromatic heterocycles. The summed E-state index contributed by atoms with van der Waals surface area (Å²) in [6.07, 6.45) is 1.56. The first-order valence-corrected chi connectivity index (χ1v) is 6.89. The molecular formula is C13H13ClN2O2S. The van der Waals surface area contributed by atoms with Gasteiger partial charge in [0.25, 0.3) is 5.91 Å². The highest BCUT2D eigenvalue weighted by atomic mass is 35.5. The maximum Gasteiger partial charge on any atom is 0.263 e. The molecule has 4 nitrogen and oxygen atoms in total. The first kappa shape index (κ1) is 14.0. The van der Waals surface area contributed by atoms with Crippen LogP contribution in [0.25, 0.3) is 10.6 Å². The van der Waals surface area contributed by atoms with Gasteiger partial charge >= 0.3 is 0 Å². The lowest BCUT2D eigenvalue weighted by Gasteiger charge is -2.01. The van der Waals surface area contributed by atoms with Crippen LogP contribution in [0.15, 0.2) is 30.5 Å². The van der Waals surface area contributed by atoms with E-state index in [1.54, 1.807) is 19.4 Å². The minimum absolute atomic E-state index is 0.146. The average molecular weight is 297 g/mol. The molecule has 0 aliphatic heterocycles. The quantitative estimate of drug-likeness (QED) is 0.863. The Kier molecular flexibility index (Phi) is 4.90. The monoisotopic (exact) mass is 296 g/mol. The molecule has 0 saturated heterocycles. The molecule has 0 aliphatic rings. The van der Waals surface area contributed by atoms with Crippen molar-refractivity contribution in [1.29, 1.82) is 0 Å². The Hall–Kier alpha value is -1.43. The summed E-state index contributed by atoms with van der Waals surface area (Å²) in [7, 11) is 1.59. The number of nitrogens with zero attached hydrogens (tertiary/aromatic N) is 1. The van der Waals surface area contributed by atoms with Crippen molar-refractivity contribution in [2.24, 2.45) is 0 Å². The summed E-state index contributed by atoms with van der Waals surface area (Å²) in [6.45, 7) is 0.969. The van der Waals surface area contributed by atoms with Gasteiger partial charge in [-0.3, -0.25) is 4.79 Å². The van der Waals surface area contributed by atoms with Gasteiger partial charge in [0.2, 0.25) is 0 Å². The first-order chi connectivity index (χ1) is 9.22. The molecule has 0 bridgehead atoms. The van der Waals surface area contributed by atoms with Crippen molar-refractivity contribution in [1.82, 2.24) is 10.3 Å². The minimum Gasteiger partial charge on any atom is -0.383 e. The van der Waals surface area contributed by atoms with Gasteiger partial charge in [0.05, 0.1) is 17.8 Å². The van der Waals surface area contributed by atoms with Crippen LogP contribution in [0.4, 0.5) is 0 Å². The molecule has 0 spiro atoms. The van der Waals surface area contributed by atoms with Crippen molar-refractivity contribution in [3.05, 3.63) is 40.4 Å². The Bertz CT molecular complexity index is 571. The molecule has 19 heavy (non-hydrogen) atoms. The number of benzene rings is 1. The van der Waals surface area contributed by atoms with E-state index in [-0.39, 0.29) is 5.91 Å². The Morgan fingerprint density at radius 1 is 1.47 bits per heavy atom. The lowest BCUT2D eigenvalue weighted by atomic mass is 10.2. The summed E-state index contributed by atoms with van der Waals surface area (Å²) < 4.78 is 4.87. The average Bonchev–Trinajstić information content (AvgIpc) is 2.89. The number of amides is 1. The van der Waals surface area contributed by atoms with Crippen LogP contribution in [0.5, 0.6) is 0 Å². The van der Waals surface area contributed by atoms with E-state index in [1.165, 1.54) is 11.3 Å². The number of hydrogen-bond acceptors (Lipinski definition) is 4. The molecule has 1 N–H and O–H groups in total. The van der Waals surface area contributed by atoms with E-state index >= 15 is 0 Å². The third-order valence-electron chi connectivity index (χ3n) is 2.43. The first-order valence-electron chi connectivity index (χ1n) is 5.70. The third-order valence-corrected chi connectivity index (χ3v) is 3.78. The Balaban J connectivity index is 2.11. The predicted molar refractivity (Wildman–Crippen MR) is 76.8 cm³/mol.